The number of H-pyrrole nitrogens is 1. The Kier molecular flexibility index (Phi) is 23.4. The Hall–Kier alpha value is -6.32. The lowest BCUT2D eigenvalue weighted by Gasteiger charge is -2.08. The molecule has 0 fully saturated rings. The number of hydrogen-bond donors (Lipinski definition) is 1. The minimum absolute atomic E-state index is 0.800. The molecule has 0 atom stereocenters. The van der Waals surface area contributed by atoms with Gasteiger partial charge in [0.05, 0.1) is 22.8 Å². The predicted molar refractivity (Wildman–Crippen MR) is 267 cm³/mol. The van der Waals surface area contributed by atoms with Crippen LogP contribution in [0.15, 0.2) is 148 Å². The molecule has 1 N–H and O–H groups in total. The van der Waals surface area contributed by atoms with Gasteiger partial charge in [0.2, 0.25) is 0 Å². The molecule has 2 aromatic rings. The van der Waals surface area contributed by atoms with Gasteiger partial charge >= 0.3 is 0 Å². The van der Waals surface area contributed by atoms with Crippen molar-refractivity contribution in [2.45, 2.75) is 76.2 Å². The molecule has 0 saturated heterocycles. The Morgan fingerprint density at radius 3 is 1.53 bits per heavy atom. The molecule has 0 radical (unpaired) electrons. The van der Waals surface area contributed by atoms with Gasteiger partial charge < -0.3 is 4.98 Å². The van der Waals surface area contributed by atoms with Gasteiger partial charge in [0, 0.05) is 33.3 Å². The van der Waals surface area contributed by atoms with Crippen molar-refractivity contribution in [3.05, 3.63) is 204 Å². The van der Waals surface area contributed by atoms with E-state index >= 15 is 0 Å². The second-order valence-electron chi connectivity index (χ2n) is 12.2. The quantitative estimate of drug-likeness (QED) is 0.146. The lowest BCUT2D eigenvalue weighted by atomic mass is 9.97. The highest BCUT2D eigenvalue weighted by molar-refractivity contribution is 5.96. The molecular formula is C55H67N3. The van der Waals surface area contributed by atoms with E-state index in [1.807, 2.05) is 116 Å². The Balaban J connectivity index is 0.00000267. The number of hydrogen-bond acceptors (Lipinski definition) is 2. The van der Waals surface area contributed by atoms with Gasteiger partial charge in [-0.15, -0.1) is 0 Å². The summed E-state index contributed by atoms with van der Waals surface area (Å²) in [7, 11) is 0. The van der Waals surface area contributed by atoms with Crippen molar-refractivity contribution in [3.8, 4) is 0 Å². The lowest BCUT2D eigenvalue weighted by Crippen LogP contribution is -1.93. The number of aryl methyl sites for hydroxylation is 2. The summed E-state index contributed by atoms with van der Waals surface area (Å²) in [5, 5.41) is 0. The Labute approximate surface area is 351 Å². The Bertz CT molecular complexity index is 2260. The van der Waals surface area contributed by atoms with Crippen LogP contribution in [-0.4, -0.2) is 15.0 Å². The minimum Gasteiger partial charge on any atom is -0.354 e. The third-order valence-electron chi connectivity index (χ3n) is 8.56. The highest BCUT2D eigenvalue weighted by atomic mass is 14.8. The van der Waals surface area contributed by atoms with Crippen LogP contribution < -0.4 is 0 Å². The zero-order valence-corrected chi connectivity index (χ0v) is 37.2. The van der Waals surface area contributed by atoms with Crippen LogP contribution in [0.2, 0.25) is 0 Å². The summed E-state index contributed by atoms with van der Waals surface area (Å²) >= 11 is 0. The fraction of sp³-hybridized carbons (Fsp3) is 0.200. The molecule has 2 aliphatic rings. The molecule has 58 heavy (non-hydrogen) atoms. The first kappa shape index (κ1) is 49.7. The molecule has 4 heterocycles. The van der Waals surface area contributed by atoms with E-state index in [0.29, 0.717) is 0 Å². The second kappa shape index (κ2) is 27.3. The van der Waals surface area contributed by atoms with Gasteiger partial charge in [0.1, 0.15) is 0 Å². The summed E-state index contributed by atoms with van der Waals surface area (Å²) in [4.78, 5) is 14.3. The Morgan fingerprint density at radius 1 is 0.534 bits per heavy atom. The number of fused-ring (bicyclic) bond motifs is 6. The second-order valence-corrected chi connectivity index (χ2v) is 12.2. The first-order chi connectivity index (χ1) is 28.2. The summed E-state index contributed by atoms with van der Waals surface area (Å²) in [6.45, 7) is 42.9. The van der Waals surface area contributed by atoms with Gasteiger partial charge in [-0.2, -0.15) is 0 Å². The minimum atomic E-state index is 0.800. The van der Waals surface area contributed by atoms with Gasteiger partial charge in [-0.3, -0.25) is 0 Å². The summed E-state index contributed by atoms with van der Waals surface area (Å²) in [5.41, 5.74) is 14.8. The van der Waals surface area contributed by atoms with Gasteiger partial charge in [-0.1, -0.05) is 178 Å². The van der Waals surface area contributed by atoms with Crippen LogP contribution >= 0.6 is 0 Å². The summed E-state index contributed by atoms with van der Waals surface area (Å²) in [6.07, 6.45) is 37.7. The van der Waals surface area contributed by atoms with Crippen molar-refractivity contribution in [2.75, 3.05) is 0 Å². The van der Waals surface area contributed by atoms with E-state index in [0.717, 1.165) is 89.5 Å². The number of rotatable bonds is 12. The van der Waals surface area contributed by atoms with E-state index in [9.17, 15) is 0 Å². The number of aromatic nitrogens is 3. The fourth-order valence-corrected chi connectivity index (χ4v) is 6.19. The molecule has 4 rings (SSSR count). The van der Waals surface area contributed by atoms with Crippen molar-refractivity contribution in [1.82, 2.24) is 15.0 Å². The van der Waals surface area contributed by atoms with Crippen molar-refractivity contribution < 1.29 is 0 Å². The molecule has 0 unspecified atom stereocenters. The molecule has 6 bridgehead atoms. The lowest BCUT2D eigenvalue weighted by molar-refractivity contribution is 1.26. The summed E-state index contributed by atoms with van der Waals surface area (Å²) < 4.78 is 0. The Morgan fingerprint density at radius 2 is 1.02 bits per heavy atom. The highest BCUT2D eigenvalue weighted by Gasteiger charge is 2.17. The van der Waals surface area contributed by atoms with Crippen LogP contribution in [-0.2, 0) is 0 Å². The van der Waals surface area contributed by atoms with Crippen LogP contribution in [0, 0.1) is 13.8 Å². The van der Waals surface area contributed by atoms with Gasteiger partial charge in [-0.05, 0) is 104 Å². The van der Waals surface area contributed by atoms with Crippen molar-refractivity contribution in [2.24, 2.45) is 0 Å². The predicted octanol–water partition coefficient (Wildman–Crippen LogP) is 16.6. The zero-order valence-electron chi connectivity index (χ0n) is 37.2. The largest absolute Gasteiger partial charge is 0.354 e. The van der Waals surface area contributed by atoms with Crippen molar-refractivity contribution >= 4 is 57.6 Å². The van der Waals surface area contributed by atoms with Gasteiger partial charge in [-0.25, -0.2) is 9.97 Å². The molecule has 3 heteroatoms. The van der Waals surface area contributed by atoms with Crippen LogP contribution in [0.5, 0.6) is 0 Å². The van der Waals surface area contributed by atoms with Crippen LogP contribution in [0.1, 0.15) is 118 Å². The normalized spacial score (nSPS) is 12.3. The maximum atomic E-state index is 5.30. The third kappa shape index (κ3) is 13.1. The van der Waals surface area contributed by atoms with Crippen LogP contribution in [0.3, 0.4) is 0 Å². The van der Waals surface area contributed by atoms with Gasteiger partial charge in [0.15, 0.2) is 0 Å². The van der Waals surface area contributed by atoms with E-state index in [2.05, 4.69) is 125 Å². The maximum absolute atomic E-state index is 5.30. The number of allylic oxidation sites excluding steroid dienone is 19. The molecule has 0 saturated carbocycles. The third-order valence-corrected chi connectivity index (χ3v) is 8.56. The highest BCUT2D eigenvalue weighted by Crippen LogP contribution is 2.34. The molecule has 0 aliphatic carbocycles. The SMILES string of the molecule is C=C/C=C\C(=C)c1c2nc(c(/C(C)=C/C=C\C)c(C)ccc(C)c(C(/C=C\C=C/C)=C/C=C)c3nc(c(/C(C=C)=C/C=C)c4ccc1[nH]4)C=C3)C=C2.CC.CC.CC. The molecule has 2 aliphatic heterocycles. The summed E-state index contributed by atoms with van der Waals surface area (Å²) in [5.74, 6) is 0. The van der Waals surface area contributed by atoms with E-state index in [4.69, 9.17) is 9.97 Å². The first-order valence-electron chi connectivity index (χ1n) is 20.4. The van der Waals surface area contributed by atoms with E-state index in [1.54, 1.807) is 12.2 Å². The van der Waals surface area contributed by atoms with Crippen molar-refractivity contribution in [3.63, 3.8) is 0 Å². The molecule has 0 amide bonds. The summed E-state index contributed by atoms with van der Waals surface area (Å²) in [6, 6.07) is 8.48. The first-order valence-corrected chi connectivity index (χ1v) is 20.4. The smallest absolute Gasteiger partial charge is 0.0737 e. The van der Waals surface area contributed by atoms with E-state index in [1.165, 1.54) is 0 Å². The standard InChI is InChI=1S/C49H49N3.3C2H6/c1-11-17-20-25-39(22-15-5)47-37(10)27-26-36(9)46(34(7)23-18-12-2)40-28-30-42(50-40)48(35(8)24-19-13-3)43-31-33-45(52-43)49(38(16-6)21-14-4)44-32-29-41(47)51-44;3*1-2/h11-33,52H,3-6,8H2,1-2,7,9-10H3;3*1-2H3/b17-11-,18-12-,24-19-,25-20-,27-26?,34-23+,36-26?,37-27?,38-21+,39-22+,46-36?,46-40?,47-37?,47-41?,48-42?,48-43?,49-44?,49-45?;;;. The topological polar surface area (TPSA) is 41.6 Å². The maximum Gasteiger partial charge on any atom is 0.0737 e. The van der Waals surface area contributed by atoms with Crippen LogP contribution in [0.4, 0.5) is 0 Å². The molecular weight excluding hydrogens is 703 g/mol. The molecule has 2 aromatic heterocycles. The fourth-order valence-electron chi connectivity index (χ4n) is 6.19. The molecule has 3 nitrogen and oxygen atoms in total. The molecule has 302 valence electrons. The number of nitrogens with one attached hydrogen (secondary N) is 1. The average molecular weight is 770 g/mol. The zero-order chi connectivity index (χ0) is 43.6. The van der Waals surface area contributed by atoms with Gasteiger partial charge in [0.25, 0.3) is 0 Å². The monoisotopic (exact) mass is 770 g/mol. The molecule has 0 spiro atoms. The van der Waals surface area contributed by atoms with Crippen LogP contribution in [0.25, 0.3) is 57.6 Å². The average Bonchev–Trinajstić information content (AvgIpc) is 4.04. The molecule has 0 aromatic carbocycles. The number of nitrogens with zero attached hydrogens (tertiary/aromatic N) is 2. The number of aromatic amines is 1. The van der Waals surface area contributed by atoms with Crippen molar-refractivity contribution in [1.29, 1.82) is 0 Å². The van der Waals surface area contributed by atoms with E-state index in [-0.39, 0.29) is 0 Å². The van der Waals surface area contributed by atoms with E-state index < -0.39 is 0 Å².